The van der Waals surface area contributed by atoms with E-state index in [4.69, 9.17) is 9.47 Å². The second-order valence-corrected chi connectivity index (χ2v) is 15.1. The Morgan fingerprint density at radius 2 is 1.86 bits per heavy atom. The molecule has 13 heteroatoms. The van der Waals surface area contributed by atoms with Gasteiger partial charge in [-0.05, 0) is 63.4 Å². The predicted octanol–water partition coefficient (Wildman–Crippen LogP) is 4.69. The molecule has 0 radical (unpaired) electrons. The van der Waals surface area contributed by atoms with Crippen LogP contribution in [0.2, 0.25) is 0 Å². The number of nitro benzene ring substituents is 1. The average molecular weight is 706 g/mol. The summed E-state index contributed by atoms with van der Waals surface area (Å²) >= 11 is 1.74. The second-order valence-electron chi connectivity index (χ2n) is 13.9. The lowest BCUT2D eigenvalue weighted by atomic mass is 9.90. The molecule has 2 aliphatic heterocycles. The van der Waals surface area contributed by atoms with Crippen molar-refractivity contribution in [3.63, 3.8) is 0 Å². The molecular formula is C36H59N5O7S. The number of nitrogens with zero attached hydrogens (tertiary/aromatic N) is 5. The van der Waals surface area contributed by atoms with Gasteiger partial charge in [-0.25, -0.2) is 0 Å². The van der Waals surface area contributed by atoms with Crippen molar-refractivity contribution in [3.05, 3.63) is 39.9 Å². The summed E-state index contributed by atoms with van der Waals surface area (Å²) in [5, 5.41) is 11.2. The maximum atomic E-state index is 14.1. The molecule has 3 amide bonds. The third-order valence-electron chi connectivity index (χ3n) is 11.1. The summed E-state index contributed by atoms with van der Waals surface area (Å²) in [6.07, 6.45) is 6.45. The molecule has 276 valence electrons. The highest BCUT2D eigenvalue weighted by Crippen LogP contribution is 2.40. The highest BCUT2D eigenvalue weighted by Gasteiger charge is 2.44. The number of thioether (sulfide) groups is 1. The number of nitro groups is 1. The summed E-state index contributed by atoms with van der Waals surface area (Å²) in [5.74, 6) is -0.539. The number of likely N-dealkylation sites (tertiary alicyclic amines) is 2. The molecule has 0 N–H and O–H groups in total. The Bertz CT molecular complexity index is 1290. The van der Waals surface area contributed by atoms with E-state index >= 15 is 0 Å². The lowest BCUT2D eigenvalue weighted by Crippen LogP contribution is -2.54. The zero-order valence-corrected chi connectivity index (χ0v) is 31.9. The van der Waals surface area contributed by atoms with Crippen molar-refractivity contribution < 1.29 is 28.8 Å². The van der Waals surface area contributed by atoms with Crippen LogP contribution in [-0.2, 0) is 30.3 Å². The van der Waals surface area contributed by atoms with E-state index in [2.05, 4.69) is 32.1 Å². The Hall–Kier alpha value is -2.74. The van der Waals surface area contributed by atoms with Crippen molar-refractivity contribution in [1.82, 2.24) is 19.6 Å². The topological polar surface area (TPSA) is 126 Å². The summed E-state index contributed by atoms with van der Waals surface area (Å²) < 4.78 is 12.0. The van der Waals surface area contributed by atoms with Crippen LogP contribution in [0.5, 0.6) is 0 Å². The van der Waals surface area contributed by atoms with Gasteiger partial charge < -0.3 is 24.2 Å². The number of carbonyl (C=O) groups is 3. The van der Waals surface area contributed by atoms with E-state index in [-0.39, 0.29) is 52.7 Å². The Kier molecular flexibility index (Phi) is 15.3. The average Bonchev–Trinajstić information content (AvgIpc) is 3.73. The van der Waals surface area contributed by atoms with Crippen molar-refractivity contribution in [1.29, 1.82) is 0 Å². The molecule has 7 atom stereocenters. The van der Waals surface area contributed by atoms with Crippen LogP contribution in [0, 0.1) is 22.0 Å². The normalized spacial score (nSPS) is 22.7. The van der Waals surface area contributed by atoms with Gasteiger partial charge in [0, 0.05) is 53.5 Å². The number of benzene rings is 1. The molecule has 3 rings (SSSR count). The fourth-order valence-electron chi connectivity index (χ4n) is 7.80. The van der Waals surface area contributed by atoms with Gasteiger partial charge in [0.2, 0.25) is 17.7 Å². The lowest BCUT2D eigenvalue weighted by Gasteiger charge is -2.41. The number of likely N-dealkylation sites (N-methyl/N-ethyl adjacent to an activating group) is 2. The third kappa shape index (κ3) is 9.74. The molecule has 0 saturated carbocycles. The molecule has 12 nitrogen and oxygen atoms in total. The highest BCUT2D eigenvalue weighted by molar-refractivity contribution is 7.99. The quantitative estimate of drug-likeness (QED) is 0.158. The van der Waals surface area contributed by atoms with Crippen molar-refractivity contribution >= 4 is 35.2 Å². The predicted molar refractivity (Wildman–Crippen MR) is 193 cm³/mol. The van der Waals surface area contributed by atoms with Crippen molar-refractivity contribution in [3.8, 4) is 0 Å². The minimum atomic E-state index is -0.522. The number of methoxy groups -OCH3 is 2. The smallest absolute Gasteiger partial charge is 0.269 e. The maximum absolute atomic E-state index is 14.1. The van der Waals surface area contributed by atoms with E-state index in [1.807, 2.05) is 29.8 Å². The number of non-ortho nitro benzene ring substituents is 1. The number of ether oxygens (including phenoxy) is 2. The van der Waals surface area contributed by atoms with Crippen LogP contribution in [0.15, 0.2) is 24.3 Å². The van der Waals surface area contributed by atoms with Gasteiger partial charge in [0.1, 0.15) is 0 Å². The van der Waals surface area contributed by atoms with E-state index < -0.39 is 23.0 Å². The molecule has 2 fully saturated rings. The zero-order valence-electron chi connectivity index (χ0n) is 31.1. The Morgan fingerprint density at radius 3 is 2.43 bits per heavy atom. The first-order valence-corrected chi connectivity index (χ1v) is 18.8. The SMILES string of the molecule is CCC(C)C(C(CC(=O)N1CCCC1C(OC)C(C)C(=O)N(C)CCc1cccc([N+](=O)[O-])c1)OC)N(C)C(=O)CC1(SC)CCCN1C. The van der Waals surface area contributed by atoms with Crippen LogP contribution < -0.4 is 0 Å². The molecule has 0 bridgehead atoms. The first kappa shape index (κ1) is 40.7. The lowest BCUT2D eigenvalue weighted by molar-refractivity contribution is -0.384. The largest absolute Gasteiger partial charge is 0.379 e. The summed E-state index contributed by atoms with van der Waals surface area (Å²) in [7, 11) is 8.86. The summed E-state index contributed by atoms with van der Waals surface area (Å²) in [6, 6.07) is 5.89. The van der Waals surface area contributed by atoms with Crippen molar-refractivity contribution in [2.45, 2.75) is 101 Å². The molecule has 1 aromatic rings. The molecule has 1 aromatic carbocycles. The van der Waals surface area contributed by atoms with Crippen LogP contribution in [0.3, 0.4) is 0 Å². The van der Waals surface area contributed by atoms with Crippen molar-refractivity contribution in [2.75, 3.05) is 61.3 Å². The van der Waals surface area contributed by atoms with E-state index in [1.165, 1.54) is 12.1 Å². The van der Waals surface area contributed by atoms with Crippen LogP contribution in [-0.4, -0.2) is 133 Å². The van der Waals surface area contributed by atoms with Crippen molar-refractivity contribution in [2.24, 2.45) is 11.8 Å². The fraction of sp³-hybridized carbons (Fsp3) is 0.750. The van der Waals surface area contributed by atoms with Gasteiger partial charge in [-0.3, -0.25) is 29.4 Å². The summed E-state index contributed by atoms with van der Waals surface area (Å²) in [4.78, 5) is 59.6. The number of hydrogen-bond acceptors (Lipinski definition) is 9. The number of rotatable bonds is 18. The van der Waals surface area contributed by atoms with Gasteiger partial charge in [0.05, 0.1) is 52.8 Å². The summed E-state index contributed by atoms with van der Waals surface area (Å²) in [5.41, 5.74) is 0.804. The molecule has 2 aliphatic rings. The van der Waals surface area contributed by atoms with Crippen LogP contribution >= 0.6 is 11.8 Å². The highest BCUT2D eigenvalue weighted by atomic mass is 32.2. The van der Waals surface area contributed by atoms with Gasteiger partial charge in [-0.2, -0.15) is 0 Å². The fourth-order valence-corrected chi connectivity index (χ4v) is 8.82. The van der Waals surface area contributed by atoms with E-state index in [1.54, 1.807) is 44.0 Å². The number of carbonyl (C=O) groups excluding carboxylic acids is 3. The Balaban J connectivity index is 1.70. The van der Waals surface area contributed by atoms with Gasteiger partial charge in [0.15, 0.2) is 0 Å². The van der Waals surface area contributed by atoms with Crippen LogP contribution in [0.25, 0.3) is 0 Å². The number of amides is 3. The second kappa shape index (κ2) is 18.5. The molecular weight excluding hydrogens is 646 g/mol. The van der Waals surface area contributed by atoms with E-state index in [0.717, 1.165) is 37.8 Å². The number of hydrogen-bond donors (Lipinski definition) is 0. The molecule has 2 saturated heterocycles. The molecule has 2 heterocycles. The zero-order chi connectivity index (χ0) is 36.5. The van der Waals surface area contributed by atoms with Gasteiger partial charge in [-0.15, -0.1) is 11.8 Å². The van der Waals surface area contributed by atoms with Gasteiger partial charge >= 0.3 is 0 Å². The monoisotopic (exact) mass is 705 g/mol. The first-order valence-electron chi connectivity index (χ1n) is 17.6. The minimum absolute atomic E-state index is 0.0237. The van der Waals surface area contributed by atoms with Crippen LogP contribution in [0.4, 0.5) is 5.69 Å². The van der Waals surface area contributed by atoms with E-state index in [0.29, 0.717) is 32.4 Å². The van der Waals surface area contributed by atoms with Gasteiger partial charge in [0.25, 0.3) is 5.69 Å². The molecule has 0 aromatic heterocycles. The molecule has 49 heavy (non-hydrogen) atoms. The standard InChI is InChI=1S/C36H59N5O7S/c1-10-25(2)33(39(6)32(43)24-36(49-9)18-13-19-38(36)5)30(47-7)23-31(42)40-20-12-16-29(40)34(48-8)26(3)35(44)37(4)21-17-27-14-11-15-28(22-27)41(45)46/h11,14-15,22,25-26,29-30,33-34H,10,12-13,16-21,23-24H2,1-9H3. The third-order valence-corrected chi connectivity index (χ3v) is 12.5. The molecule has 0 spiro atoms. The Labute approximate surface area is 297 Å². The summed E-state index contributed by atoms with van der Waals surface area (Å²) in [6.45, 7) is 7.97. The maximum Gasteiger partial charge on any atom is 0.269 e. The van der Waals surface area contributed by atoms with E-state index in [9.17, 15) is 24.5 Å². The molecule has 0 aliphatic carbocycles. The molecule has 7 unspecified atom stereocenters. The minimum Gasteiger partial charge on any atom is -0.379 e. The van der Waals surface area contributed by atoms with Gasteiger partial charge in [-0.1, -0.05) is 39.3 Å². The first-order chi connectivity index (χ1) is 23.2. The van der Waals surface area contributed by atoms with Crippen LogP contribution in [0.1, 0.15) is 71.3 Å². The Morgan fingerprint density at radius 1 is 1.14 bits per heavy atom.